The van der Waals surface area contributed by atoms with Crippen molar-refractivity contribution in [1.82, 2.24) is 0 Å². The Kier molecular flexibility index (Phi) is 4.58. The van der Waals surface area contributed by atoms with Crippen LogP contribution in [-0.4, -0.2) is 6.61 Å². The average Bonchev–Trinajstić information content (AvgIpc) is 2.46. The number of ether oxygens (including phenoxy) is 1. The number of hydrogen-bond acceptors (Lipinski definition) is 2. The highest BCUT2D eigenvalue weighted by Gasteiger charge is 2.03. The summed E-state index contributed by atoms with van der Waals surface area (Å²) in [5.41, 5.74) is 3.00. The highest BCUT2D eigenvalue weighted by molar-refractivity contribution is 5.45. The molecule has 0 fully saturated rings. The summed E-state index contributed by atoms with van der Waals surface area (Å²) in [4.78, 5) is 0. The lowest BCUT2D eigenvalue weighted by Gasteiger charge is -2.08. The van der Waals surface area contributed by atoms with Gasteiger partial charge in [-0.25, -0.2) is 0 Å². The van der Waals surface area contributed by atoms with Crippen LogP contribution in [0.25, 0.3) is 0 Å². The lowest BCUT2D eigenvalue weighted by Crippen LogP contribution is -2.01. The van der Waals surface area contributed by atoms with E-state index in [1.807, 2.05) is 43.3 Å². The first-order chi connectivity index (χ1) is 9.29. The molecule has 96 valence electrons. The Morgan fingerprint density at radius 1 is 1.11 bits per heavy atom. The van der Waals surface area contributed by atoms with Crippen LogP contribution in [0.15, 0.2) is 48.5 Å². The summed E-state index contributed by atoms with van der Waals surface area (Å²) in [6.45, 7) is 2.60. The molecule has 2 rings (SSSR count). The molecule has 0 spiro atoms. The summed E-state index contributed by atoms with van der Waals surface area (Å²) in [5.74, 6) is 0.682. The minimum absolute atomic E-state index is 0.611. The normalized spacial score (nSPS) is 9.89. The van der Waals surface area contributed by atoms with Crippen LogP contribution in [0, 0.1) is 18.3 Å². The van der Waals surface area contributed by atoms with E-state index in [0.717, 1.165) is 18.4 Å². The van der Waals surface area contributed by atoms with Gasteiger partial charge < -0.3 is 4.74 Å². The van der Waals surface area contributed by atoms with Gasteiger partial charge in [0.2, 0.25) is 0 Å². The zero-order valence-corrected chi connectivity index (χ0v) is 11.1. The van der Waals surface area contributed by atoms with Crippen molar-refractivity contribution in [2.45, 2.75) is 19.8 Å². The van der Waals surface area contributed by atoms with E-state index >= 15 is 0 Å². The van der Waals surface area contributed by atoms with E-state index < -0.39 is 0 Å². The van der Waals surface area contributed by atoms with Crippen LogP contribution in [0.2, 0.25) is 0 Å². The van der Waals surface area contributed by atoms with Gasteiger partial charge in [0, 0.05) is 0 Å². The van der Waals surface area contributed by atoms with Crippen molar-refractivity contribution in [1.29, 1.82) is 5.26 Å². The fraction of sp³-hybridized carbons (Fsp3) is 0.235. The molecular formula is C17H17NO. The molecule has 0 unspecified atom stereocenters. The molecule has 19 heavy (non-hydrogen) atoms. The predicted molar refractivity (Wildman–Crippen MR) is 76.2 cm³/mol. The molecule has 2 aromatic rings. The van der Waals surface area contributed by atoms with Crippen molar-refractivity contribution >= 4 is 0 Å². The molecule has 0 aliphatic heterocycles. The van der Waals surface area contributed by atoms with Gasteiger partial charge >= 0.3 is 0 Å². The molecule has 0 atom stereocenters. The first kappa shape index (κ1) is 13.2. The van der Waals surface area contributed by atoms with E-state index in [1.54, 1.807) is 0 Å². The SMILES string of the molecule is Cc1ccc(OCCCc2ccccc2)c(C#N)c1. The van der Waals surface area contributed by atoms with Crippen LogP contribution < -0.4 is 4.74 Å². The van der Waals surface area contributed by atoms with Crippen LogP contribution in [0.1, 0.15) is 23.1 Å². The Morgan fingerprint density at radius 2 is 1.89 bits per heavy atom. The summed E-state index contributed by atoms with van der Waals surface area (Å²) >= 11 is 0. The molecule has 0 N–H and O–H groups in total. The molecule has 0 aromatic heterocycles. The maximum atomic E-state index is 9.05. The molecule has 0 heterocycles. The smallest absolute Gasteiger partial charge is 0.137 e. The summed E-state index contributed by atoms with van der Waals surface area (Å²) < 4.78 is 5.68. The molecule has 0 amide bonds. The van der Waals surface area contributed by atoms with E-state index in [-0.39, 0.29) is 0 Å². The second kappa shape index (κ2) is 6.61. The van der Waals surface area contributed by atoms with Gasteiger partial charge in [-0.15, -0.1) is 0 Å². The third-order valence-corrected chi connectivity index (χ3v) is 2.97. The summed E-state index contributed by atoms with van der Waals surface area (Å²) in [6, 6.07) is 18.2. The van der Waals surface area contributed by atoms with E-state index in [2.05, 4.69) is 18.2 Å². The Hall–Kier alpha value is -2.27. The number of benzene rings is 2. The molecule has 2 nitrogen and oxygen atoms in total. The van der Waals surface area contributed by atoms with E-state index in [1.165, 1.54) is 5.56 Å². The lowest BCUT2D eigenvalue weighted by molar-refractivity contribution is 0.310. The van der Waals surface area contributed by atoms with Gasteiger partial charge in [-0.3, -0.25) is 0 Å². The molecule has 0 aliphatic rings. The molecule has 0 saturated heterocycles. The van der Waals surface area contributed by atoms with E-state index in [4.69, 9.17) is 10.00 Å². The lowest BCUT2D eigenvalue weighted by atomic mass is 10.1. The molecule has 0 aliphatic carbocycles. The monoisotopic (exact) mass is 251 g/mol. The molecule has 2 heteroatoms. The second-order valence-corrected chi connectivity index (χ2v) is 4.55. The first-order valence-corrected chi connectivity index (χ1v) is 6.47. The maximum absolute atomic E-state index is 9.05. The first-order valence-electron chi connectivity index (χ1n) is 6.47. The van der Waals surface area contributed by atoms with Gasteiger partial charge in [-0.05, 0) is 43.0 Å². The summed E-state index contributed by atoms with van der Waals surface area (Å²) in [7, 11) is 0. The maximum Gasteiger partial charge on any atom is 0.137 e. The topological polar surface area (TPSA) is 33.0 Å². The Bertz CT molecular complexity index is 570. The predicted octanol–water partition coefficient (Wildman–Crippen LogP) is 3.88. The minimum Gasteiger partial charge on any atom is -0.492 e. The molecule has 0 saturated carbocycles. The third kappa shape index (κ3) is 3.86. The zero-order valence-electron chi connectivity index (χ0n) is 11.1. The van der Waals surface area contributed by atoms with Crippen LogP contribution in [0.3, 0.4) is 0 Å². The standard InChI is InChI=1S/C17H17NO/c1-14-9-10-17(16(12-14)13-18)19-11-5-8-15-6-3-2-4-7-15/h2-4,6-7,9-10,12H,5,8,11H2,1H3. The van der Waals surface area contributed by atoms with Gasteiger partial charge in [0.15, 0.2) is 0 Å². The van der Waals surface area contributed by atoms with Gasteiger partial charge in [0.25, 0.3) is 0 Å². The van der Waals surface area contributed by atoms with Crippen molar-refractivity contribution in [2.24, 2.45) is 0 Å². The highest BCUT2D eigenvalue weighted by Crippen LogP contribution is 2.19. The van der Waals surface area contributed by atoms with Gasteiger partial charge in [-0.2, -0.15) is 5.26 Å². The number of rotatable bonds is 5. The van der Waals surface area contributed by atoms with Gasteiger partial charge in [-0.1, -0.05) is 36.4 Å². The van der Waals surface area contributed by atoms with Crippen molar-refractivity contribution in [3.05, 3.63) is 65.2 Å². The number of aryl methyl sites for hydroxylation is 2. The fourth-order valence-corrected chi connectivity index (χ4v) is 1.96. The molecule has 2 aromatic carbocycles. The van der Waals surface area contributed by atoms with E-state index in [0.29, 0.717) is 17.9 Å². The van der Waals surface area contributed by atoms with Crippen molar-refractivity contribution in [3.63, 3.8) is 0 Å². The number of nitrogens with zero attached hydrogens (tertiary/aromatic N) is 1. The van der Waals surface area contributed by atoms with E-state index in [9.17, 15) is 0 Å². The molecule has 0 bridgehead atoms. The summed E-state index contributed by atoms with van der Waals surface area (Å²) in [6.07, 6.45) is 1.94. The van der Waals surface area contributed by atoms with Crippen LogP contribution >= 0.6 is 0 Å². The Balaban J connectivity index is 1.85. The van der Waals surface area contributed by atoms with Crippen LogP contribution in [-0.2, 0) is 6.42 Å². The fourth-order valence-electron chi connectivity index (χ4n) is 1.96. The molecular weight excluding hydrogens is 234 g/mol. The Morgan fingerprint density at radius 3 is 2.63 bits per heavy atom. The molecule has 0 radical (unpaired) electrons. The summed E-state index contributed by atoms with van der Waals surface area (Å²) in [5, 5.41) is 9.05. The van der Waals surface area contributed by atoms with Crippen LogP contribution in [0.5, 0.6) is 5.75 Å². The quantitative estimate of drug-likeness (QED) is 0.755. The van der Waals surface area contributed by atoms with Crippen molar-refractivity contribution in [3.8, 4) is 11.8 Å². The number of hydrogen-bond donors (Lipinski definition) is 0. The van der Waals surface area contributed by atoms with Crippen molar-refractivity contribution < 1.29 is 4.74 Å². The van der Waals surface area contributed by atoms with Gasteiger partial charge in [0.1, 0.15) is 11.8 Å². The average molecular weight is 251 g/mol. The second-order valence-electron chi connectivity index (χ2n) is 4.55. The minimum atomic E-state index is 0.611. The van der Waals surface area contributed by atoms with Gasteiger partial charge in [0.05, 0.1) is 12.2 Å². The third-order valence-electron chi connectivity index (χ3n) is 2.97. The van der Waals surface area contributed by atoms with Crippen LogP contribution in [0.4, 0.5) is 0 Å². The largest absolute Gasteiger partial charge is 0.492 e. The number of nitriles is 1. The Labute approximate surface area is 114 Å². The highest BCUT2D eigenvalue weighted by atomic mass is 16.5. The zero-order chi connectivity index (χ0) is 13.5. The van der Waals surface area contributed by atoms with Crippen molar-refractivity contribution in [2.75, 3.05) is 6.61 Å².